The molecule has 5 aromatic rings. The van der Waals surface area contributed by atoms with Crippen molar-refractivity contribution < 1.29 is 19.2 Å². The van der Waals surface area contributed by atoms with E-state index in [1.807, 2.05) is 48.5 Å². The quantitative estimate of drug-likeness (QED) is 0.163. The van der Waals surface area contributed by atoms with Crippen LogP contribution in [-0.2, 0) is 13.2 Å². The van der Waals surface area contributed by atoms with E-state index in [2.05, 4.69) is 10.6 Å². The lowest BCUT2D eigenvalue weighted by atomic mass is 10.1. The lowest BCUT2D eigenvalue weighted by Crippen LogP contribution is -2.22. The van der Waals surface area contributed by atoms with Crippen LogP contribution in [0, 0.1) is 10.1 Å². The second-order valence-corrected chi connectivity index (χ2v) is 9.72. The van der Waals surface area contributed by atoms with E-state index in [9.17, 15) is 19.7 Å². The Morgan fingerprint density at radius 1 is 0.821 bits per heavy atom. The molecular formula is C30H23N3O5S. The first-order valence-electron chi connectivity index (χ1n) is 12.1. The van der Waals surface area contributed by atoms with Crippen LogP contribution in [0.4, 0.5) is 11.4 Å². The van der Waals surface area contributed by atoms with Gasteiger partial charge in [0.1, 0.15) is 11.5 Å². The number of hydrogen-bond donors (Lipinski definition) is 2. The third kappa shape index (κ3) is 6.11. The summed E-state index contributed by atoms with van der Waals surface area (Å²) >= 11 is 1.33. The molecule has 0 aliphatic heterocycles. The van der Waals surface area contributed by atoms with Gasteiger partial charge in [0.05, 0.1) is 4.92 Å². The predicted molar refractivity (Wildman–Crippen MR) is 151 cm³/mol. The largest absolute Gasteiger partial charge is 0.487 e. The molecule has 0 saturated carbocycles. The number of amides is 2. The number of fused-ring (bicyclic) bond motifs is 1. The maximum absolute atomic E-state index is 13.3. The van der Waals surface area contributed by atoms with Crippen LogP contribution in [-0.4, -0.2) is 16.7 Å². The Balaban J connectivity index is 1.28. The first-order chi connectivity index (χ1) is 19.0. The minimum atomic E-state index is -0.452. The number of anilines is 1. The van der Waals surface area contributed by atoms with Gasteiger partial charge >= 0.3 is 0 Å². The average molecular weight is 538 g/mol. The highest BCUT2D eigenvalue weighted by Crippen LogP contribution is 2.38. The van der Waals surface area contributed by atoms with Crippen LogP contribution in [0.25, 0.3) is 10.1 Å². The number of ether oxygens (including phenoxy) is 1. The van der Waals surface area contributed by atoms with E-state index >= 15 is 0 Å². The van der Waals surface area contributed by atoms with E-state index in [4.69, 9.17) is 4.74 Å². The van der Waals surface area contributed by atoms with Crippen molar-refractivity contribution in [3.05, 3.63) is 135 Å². The van der Waals surface area contributed by atoms with Crippen molar-refractivity contribution in [1.82, 2.24) is 5.32 Å². The van der Waals surface area contributed by atoms with Crippen molar-refractivity contribution in [2.24, 2.45) is 0 Å². The molecule has 1 aromatic heterocycles. The van der Waals surface area contributed by atoms with Gasteiger partial charge < -0.3 is 15.4 Å². The fourth-order valence-electron chi connectivity index (χ4n) is 4.00. The maximum atomic E-state index is 13.3. The van der Waals surface area contributed by atoms with Gasteiger partial charge in [0, 0.05) is 40.0 Å². The third-order valence-corrected chi connectivity index (χ3v) is 7.11. The van der Waals surface area contributed by atoms with Gasteiger partial charge in [-0.15, -0.1) is 11.3 Å². The highest BCUT2D eigenvalue weighted by atomic mass is 32.1. The monoisotopic (exact) mass is 537 g/mol. The molecular weight excluding hydrogens is 514 g/mol. The molecule has 0 bridgehead atoms. The number of nitrogens with zero attached hydrogens (tertiary/aromatic N) is 1. The molecule has 0 saturated heterocycles. The van der Waals surface area contributed by atoms with Gasteiger partial charge in [-0.05, 0) is 59.7 Å². The summed E-state index contributed by atoms with van der Waals surface area (Å²) in [6.07, 6.45) is 0. The van der Waals surface area contributed by atoms with Crippen LogP contribution in [0.5, 0.6) is 5.75 Å². The molecule has 194 valence electrons. The zero-order valence-electron chi connectivity index (χ0n) is 20.6. The van der Waals surface area contributed by atoms with Crippen molar-refractivity contribution >= 4 is 44.6 Å². The average Bonchev–Trinajstić information content (AvgIpc) is 3.34. The standard InChI is InChI=1S/C30H23N3O5S/c34-29(22-8-2-1-3-9-22)32-23-10-6-7-21(17-23)18-31-30(35)28-27(25-11-4-5-12-26(25)39-28)38-19-20-13-15-24(16-14-20)33(36)37/h1-17H,18-19H2,(H,31,35)(H,32,34). The van der Waals surface area contributed by atoms with Crippen molar-refractivity contribution in [3.63, 3.8) is 0 Å². The molecule has 2 amide bonds. The number of carbonyl (C=O) groups excluding carboxylic acids is 2. The van der Waals surface area contributed by atoms with E-state index in [0.717, 1.165) is 21.2 Å². The molecule has 8 nitrogen and oxygen atoms in total. The molecule has 0 fully saturated rings. The summed E-state index contributed by atoms with van der Waals surface area (Å²) in [5.74, 6) is -0.0270. The zero-order chi connectivity index (χ0) is 27.2. The smallest absolute Gasteiger partial charge is 0.269 e. The highest BCUT2D eigenvalue weighted by molar-refractivity contribution is 7.21. The van der Waals surface area contributed by atoms with Crippen LogP contribution < -0.4 is 15.4 Å². The normalized spacial score (nSPS) is 10.7. The Morgan fingerprint density at radius 2 is 1.56 bits per heavy atom. The molecule has 2 N–H and O–H groups in total. The lowest BCUT2D eigenvalue weighted by Gasteiger charge is -2.10. The summed E-state index contributed by atoms with van der Waals surface area (Å²) < 4.78 is 7.00. The van der Waals surface area contributed by atoms with E-state index in [0.29, 0.717) is 21.9 Å². The number of benzene rings is 4. The number of nitrogens with one attached hydrogen (secondary N) is 2. The number of non-ortho nitro benzene ring substituents is 1. The van der Waals surface area contributed by atoms with Gasteiger partial charge in [0.2, 0.25) is 0 Å². The summed E-state index contributed by atoms with van der Waals surface area (Å²) in [4.78, 5) is 36.7. The van der Waals surface area contributed by atoms with Crippen LogP contribution in [0.2, 0.25) is 0 Å². The fourth-order valence-corrected chi connectivity index (χ4v) is 5.06. The summed E-state index contributed by atoms with van der Waals surface area (Å²) in [5, 5.41) is 17.6. The van der Waals surface area contributed by atoms with E-state index in [1.165, 1.54) is 23.5 Å². The van der Waals surface area contributed by atoms with Crippen LogP contribution in [0.1, 0.15) is 31.2 Å². The lowest BCUT2D eigenvalue weighted by molar-refractivity contribution is -0.384. The second-order valence-electron chi connectivity index (χ2n) is 8.67. The predicted octanol–water partition coefficient (Wildman–Crippen LogP) is 6.57. The Morgan fingerprint density at radius 3 is 2.33 bits per heavy atom. The number of rotatable bonds is 9. The second kappa shape index (κ2) is 11.6. The van der Waals surface area contributed by atoms with E-state index in [-0.39, 0.29) is 30.7 Å². The zero-order valence-corrected chi connectivity index (χ0v) is 21.4. The van der Waals surface area contributed by atoms with Crippen LogP contribution >= 0.6 is 11.3 Å². The van der Waals surface area contributed by atoms with Gasteiger partial charge in [0.25, 0.3) is 17.5 Å². The molecule has 0 aliphatic carbocycles. The Kier molecular flexibility index (Phi) is 7.60. The minimum absolute atomic E-state index is 0.00324. The number of nitro benzene ring substituents is 1. The summed E-state index contributed by atoms with van der Waals surface area (Å²) in [6, 6.07) is 30.0. The molecule has 4 aromatic carbocycles. The van der Waals surface area contributed by atoms with Crippen molar-refractivity contribution in [2.45, 2.75) is 13.2 Å². The molecule has 0 radical (unpaired) electrons. The van der Waals surface area contributed by atoms with Crippen molar-refractivity contribution in [2.75, 3.05) is 5.32 Å². The maximum Gasteiger partial charge on any atom is 0.269 e. The number of nitro groups is 1. The minimum Gasteiger partial charge on any atom is -0.487 e. The van der Waals surface area contributed by atoms with Crippen LogP contribution in [0.15, 0.2) is 103 Å². The molecule has 9 heteroatoms. The van der Waals surface area contributed by atoms with Gasteiger partial charge in [-0.2, -0.15) is 0 Å². The topological polar surface area (TPSA) is 111 Å². The van der Waals surface area contributed by atoms with Crippen molar-refractivity contribution in [1.29, 1.82) is 0 Å². The molecule has 0 atom stereocenters. The molecule has 0 spiro atoms. The SMILES string of the molecule is O=C(Nc1cccc(CNC(=O)c2sc3ccccc3c2OCc2ccc([N+](=O)[O-])cc2)c1)c1ccccc1. The molecule has 5 rings (SSSR count). The van der Waals surface area contributed by atoms with Gasteiger partial charge in [0.15, 0.2) is 5.75 Å². The first-order valence-corrected chi connectivity index (χ1v) is 12.9. The number of carbonyl (C=O) groups is 2. The molecule has 0 unspecified atom stereocenters. The summed E-state index contributed by atoms with van der Waals surface area (Å²) in [5.41, 5.74) is 2.76. The highest BCUT2D eigenvalue weighted by Gasteiger charge is 2.20. The molecule has 1 heterocycles. The van der Waals surface area contributed by atoms with E-state index < -0.39 is 4.92 Å². The van der Waals surface area contributed by atoms with Gasteiger partial charge in [-0.1, -0.05) is 42.5 Å². The third-order valence-electron chi connectivity index (χ3n) is 5.96. The van der Waals surface area contributed by atoms with Crippen molar-refractivity contribution in [3.8, 4) is 5.75 Å². The van der Waals surface area contributed by atoms with Gasteiger partial charge in [-0.3, -0.25) is 19.7 Å². The van der Waals surface area contributed by atoms with Crippen LogP contribution in [0.3, 0.4) is 0 Å². The summed E-state index contributed by atoms with van der Waals surface area (Å²) in [7, 11) is 0. The van der Waals surface area contributed by atoms with Gasteiger partial charge in [-0.25, -0.2) is 0 Å². The Hall–Kier alpha value is -5.02. The first kappa shape index (κ1) is 25.6. The Labute approximate surface area is 228 Å². The number of thiophene rings is 1. The number of hydrogen-bond acceptors (Lipinski definition) is 6. The molecule has 0 aliphatic rings. The van der Waals surface area contributed by atoms with E-state index in [1.54, 1.807) is 42.5 Å². The fraction of sp³-hybridized carbons (Fsp3) is 0.0667. The Bertz CT molecular complexity index is 1650. The molecule has 39 heavy (non-hydrogen) atoms. The summed E-state index contributed by atoms with van der Waals surface area (Å²) in [6.45, 7) is 0.409.